The number of hydrogen-bond donors (Lipinski definition) is 0. The highest BCUT2D eigenvalue weighted by molar-refractivity contribution is 4.92. The zero-order valence-corrected chi connectivity index (χ0v) is 75.7. The quantitative estimate of drug-likeness (QED) is 0.0549. The van der Waals surface area contributed by atoms with Crippen LogP contribution in [0.2, 0.25) is 0 Å². The van der Waals surface area contributed by atoms with Crippen LogP contribution in [0.25, 0.3) is 0 Å². The summed E-state index contributed by atoms with van der Waals surface area (Å²) >= 11 is 0. The zero-order valence-electron chi connectivity index (χ0n) is 75.7. The molecule has 614 valence electrons. The molecule has 0 aromatic rings. The molecule has 0 spiro atoms. The van der Waals surface area contributed by atoms with E-state index in [4.69, 9.17) is 0 Å². The summed E-state index contributed by atoms with van der Waals surface area (Å²) in [6, 6.07) is 0. The van der Waals surface area contributed by atoms with E-state index < -0.39 is 56.7 Å². The fourth-order valence-electron chi connectivity index (χ4n) is 13.7. The summed E-state index contributed by atoms with van der Waals surface area (Å²) in [5.41, 5.74) is -9.86. The molecule has 0 aliphatic carbocycles. The molecule has 0 saturated carbocycles. The number of halogens is 10. The maximum atomic E-state index is 14.1. The van der Waals surface area contributed by atoms with Crippen molar-refractivity contribution in [1.82, 2.24) is 0 Å². The van der Waals surface area contributed by atoms with Gasteiger partial charge in [0.1, 0.15) is 56.7 Å². The molecule has 0 rings (SSSR count). The second-order valence-electron chi connectivity index (χ2n) is 34.3. The van der Waals surface area contributed by atoms with Crippen molar-refractivity contribution in [2.24, 2.45) is 64.1 Å². The number of hydrogen-bond acceptors (Lipinski definition) is 0. The van der Waals surface area contributed by atoms with Gasteiger partial charge in [0, 0.05) is 10.8 Å². The Morgan fingerprint density at radius 2 is 0.475 bits per heavy atom. The summed E-state index contributed by atoms with van der Waals surface area (Å²) in [6.07, 6.45) is 20.2. The molecular weight excluding hydrogens is 1260 g/mol. The zero-order chi connectivity index (χ0) is 81.9. The van der Waals surface area contributed by atoms with Crippen LogP contribution in [0.5, 0.6) is 0 Å². The highest BCUT2D eigenvalue weighted by Gasteiger charge is 2.43. The lowest BCUT2D eigenvalue weighted by Crippen LogP contribution is -2.39. The summed E-state index contributed by atoms with van der Waals surface area (Å²) in [7, 11) is 0. The molecule has 7 atom stereocenters. The van der Waals surface area contributed by atoms with Crippen LogP contribution >= 0.6 is 0 Å². The van der Waals surface area contributed by atoms with Gasteiger partial charge < -0.3 is 0 Å². The van der Waals surface area contributed by atoms with Crippen molar-refractivity contribution in [1.29, 1.82) is 0 Å². The Morgan fingerprint density at radius 3 is 0.596 bits per heavy atom. The Kier molecular flexibility index (Phi) is 71.6. The largest absolute Gasteiger partial charge is 0.244 e. The van der Waals surface area contributed by atoms with Gasteiger partial charge in [0.25, 0.3) is 0 Å². The van der Waals surface area contributed by atoms with E-state index in [0.717, 1.165) is 83.5 Å². The van der Waals surface area contributed by atoms with Crippen LogP contribution in [-0.4, -0.2) is 56.7 Å². The summed E-state index contributed by atoms with van der Waals surface area (Å²) in [6.45, 7) is 83.3. The second-order valence-corrected chi connectivity index (χ2v) is 34.3. The number of alkyl halides is 10. The van der Waals surface area contributed by atoms with Gasteiger partial charge in [0.05, 0.1) is 0 Å². The molecule has 0 amide bonds. The monoisotopic (exact) mass is 1450 g/mol. The van der Waals surface area contributed by atoms with Crippen molar-refractivity contribution < 1.29 is 43.9 Å². The first-order chi connectivity index (χ1) is 44.5. The van der Waals surface area contributed by atoms with Gasteiger partial charge in [-0.05, 0) is 232 Å². The lowest BCUT2D eigenvalue weighted by molar-refractivity contribution is 0.00460. The van der Waals surface area contributed by atoms with Crippen molar-refractivity contribution in [2.45, 2.75) is 515 Å². The topological polar surface area (TPSA) is 0 Å². The third kappa shape index (κ3) is 57.2. The molecule has 0 aromatic carbocycles. The van der Waals surface area contributed by atoms with E-state index in [0.29, 0.717) is 101 Å². The van der Waals surface area contributed by atoms with Gasteiger partial charge in [-0.3, -0.25) is 0 Å². The SMILES string of the molecule is CC(C)C(C(C)C)C(C)(C)F.CCC(C)(CC)[C@@](C)(F)CC.CCC(C)(F)CC.CCC(CC)[C@@](C)(F)CC.CCCC(C)(F)CCC.CCC[C@@](C)(F)CC.CCC[C@](C)(F)C(C)(CC)CC.CCC[C@](C)(F)C(CC)CC.CC[C@](C)(F)C(C(C)C)C(C)C.CC[C@](C)(F)C(C)C. The fourth-order valence-corrected chi connectivity index (χ4v) is 13.7. The third-order valence-electron chi connectivity index (χ3n) is 23.6. The molecule has 0 aliphatic heterocycles. The average Bonchev–Trinajstić information content (AvgIpc) is 0.834. The van der Waals surface area contributed by atoms with Crippen LogP contribution in [-0.2, 0) is 0 Å². The van der Waals surface area contributed by atoms with Gasteiger partial charge in [0.2, 0.25) is 0 Å². The molecule has 99 heavy (non-hydrogen) atoms. The van der Waals surface area contributed by atoms with Crippen LogP contribution in [0.1, 0.15) is 458 Å². The molecule has 0 nitrogen and oxygen atoms in total. The van der Waals surface area contributed by atoms with Crippen LogP contribution in [0, 0.1) is 64.1 Å². The minimum atomic E-state index is -1.04. The lowest BCUT2D eigenvalue weighted by Gasteiger charge is -2.39. The summed E-state index contributed by atoms with van der Waals surface area (Å²) in [5.74, 6) is 2.71. The molecule has 0 heterocycles. The highest BCUT2D eigenvalue weighted by Crippen LogP contribution is 2.45. The smallest absolute Gasteiger partial charge is 0.113 e. The van der Waals surface area contributed by atoms with Gasteiger partial charge >= 0.3 is 0 Å². The molecular formula is C89H188F10. The van der Waals surface area contributed by atoms with Gasteiger partial charge in [-0.15, -0.1) is 0 Å². The van der Waals surface area contributed by atoms with Crippen LogP contribution in [0.3, 0.4) is 0 Å². The van der Waals surface area contributed by atoms with Crippen molar-refractivity contribution in [3.05, 3.63) is 0 Å². The molecule has 10 heteroatoms. The Morgan fingerprint density at radius 1 is 0.222 bits per heavy atom. The highest BCUT2D eigenvalue weighted by atomic mass is 19.2. The van der Waals surface area contributed by atoms with E-state index >= 15 is 0 Å². The Balaban J connectivity index is -0.000000112. The maximum Gasteiger partial charge on any atom is 0.113 e. The van der Waals surface area contributed by atoms with E-state index in [2.05, 4.69) is 118 Å². The predicted octanol–water partition coefficient (Wildman–Crippen LogP) is 35.1. The van der Waals surface area contributed by atoms with E-state index in [1.807, 2.05) is 104 Å². The molecule has 0 bridgehead atoms. The first-order valence-corrected chi connectivity index (χ1v) is 41.4. The first-order valence-electron chi connectivity index (χ1n) is 41.4. The lowest BCUT2D eigenvalue weighted by atomic mass is 9.70. The van der Waals surface area contributed by atoms with Crippen molar-refractivity contribution in [3.63, 3.8) is 0 Å². The van der Waals surface area contributed by atoms with Gasteiger partial charge in [-0.2, -0.15) is 0 Å². The van der Waals surface area contributed by atoms with E-state index in [1.54, 1.807) is 76.2 Å². The average molecular weight is 1450 g/mol. The van der Waals surface area contributed by atoms with Crippen LogP contribution < -0.4 is 0 Å². The van der Waals surface area contributed by atoms with Crippen molar-refractivity contribution >= 4 is 0 Å². The van der Waals surface area contributed by atoms with Crippen LogP contribution in [0.4, 0.5) is 43.9 Å². The molecule has 0 N–H and O–H groups in total. The Labute approximate surface area is 620 Å². The molecule has 0 radical (unpaired) electrons. The summed E-state index contributed by atoms with van der Waals surface area (Å²) in [4.78, 5) is 0. The molecule has 0 saturated heterocycles. The molecule has 0 unspecified atom stereocenters. The molecule has 0 aromatic heterocycles. The van der Waals surface area contributed by atoms with Crippen molar-refractivity contribution in [3.8, 4) is 0 Å². The second kappa shape index (κ2) is 59.4. The molecule has 0 aliphatic rings. The van der Waals surface area contributed by atoms with Gasteiger partial charge in [-0.25, -0.2) is 43.9 Å². The normalized spacial score (nSPS) is 16.3. The van der Waals surface area contributed by atoms with Gasteiger partial charge in [-0.1, -0.05) is 279 Å². The standard InChI is InChI=1S/2C11H23F.3C10H21F.C9H19F.C8H17F.2C7H15F.C6H13F/c1-7-11(6,12)10(8(2)3)9(4)5;1-6-9-11(5,12)10(4,7-2)8-3;1-7(2)9(8(3)4)10(5,6)11;1-6-9(4,7-2)10(5,11)8-3;1-5-8-10(4,11)9(6-2)7-3;1-5-8(6-2)9(4,10)7-3;1-4-6-8(3,9)7-5-2;1-5-7(4,8)6(2)3;1-4-6-7(3,8)5-2;1-4-6(3,7)5-2/h8-10H,7H2,1-6H3;6-9H2,1-5H3;7-9H,1-6H3;6-8H2,1-5H3;9H,5-8H2,1-4H3;8H,5-7H2,1-4H3;4-7H2,1-3H3;6H,5H2,1-4H3;4-6H2,1-3H3;4-5H2,1-3H3/t2*11-;;2*10-;9-;;2*7-;/m00.000.00./s1. The number of rotatable bonds is 36. The minimum absolute atomic E-state index is 0.136. The summed E-state index contributed by atoms with van der Waals surface area (Å²) < 4.78 is 134. The minimum Gasteiger partial charge on any atom is -0.244 e. The van der Waals surface area contributed by atoms with E-state index in [9.17, 15) is 43.9 Å². The maximum absolute atomic E-state index is 14.1. The van der Waals surface area contributed by atoms with Crippen LogP contribution in [0.15, 0.2) is 0 Å². The Bertz CT molecular complexity index is 1670. The first kappa shape index (κ1) is 119. The third-order valence-corrected chi connectivity index (χ3v) is 23.6. The molecule has 0 fully saturated rings. The summed E-state index contributed by atoms with van der Waals surface area (Å²) in [5, 5.41) is 0. The predicted molar refractivity (Wildman–Crippen MR) is 434 cm³/mol. The van der Waals surface area contributed by atoms with E-state index in [1.165, 1.54) is 0 Å². The Hall–Kier alpha value is -0.700. The fraction of sp³-hybridized carbons (Fsp3) is 1.00. The van der Waals surface area contributed by atoms with Crippen molar-refractivity contribution in [2.75, 3.05) is 0 Å². The van der Waals surface area contributed by atoms with Gasteiger partial charge in [0.15, 0.2) is 0 Å². The van der Waals surface area contributed by atoms with E-state index in [-0.39, 0.29) is 40.4 Å².